The Hall–Kier alpha value is -2.76. The van der Waals surface area contributed by atoms with Gasteiger partial charge in [0.1, 0.15) is 11.4 Å². The van der Waals surface area contributed by atoms with E-state index in [9.17, 15) is 9.59 Å². The van der Waals surface area contributed by atoms with Crippen molar-refractivity contribution in [2.45, 2.75) is 33.2 Å². The lowest BCUT2D eigenvalue weighted by atomic mass is 9.96. The van der Waals surface area contributed by atoms with E-state index in [2.05, 4.69) is 10.3 Å². The Morgan fingerprint density at radius 3 is 2.81 bits per heavy atom. The van der Waals surface area contributed by atoms with Crippen LogP contribution in [0.5, 0.6) is 5.75 Å². The molecular weight excluding hydrogens is 342 g/mol. The van der Waals surface area contributed by atoms with Crippen molar-refractivity contribution in [3.05, 3.63) is 52.8 Å². The van der Waals surface area contributed by atoms with Crippen molar-refractivity contribution in [1.29, 1.82) is 0 Å². The van der Waals surface area contributed by atoms with Crippen LogP contribution in [0.2, 0.25) is 0 Å². The number of hydrogen-bond donors (Lipinski definition) is 2. The Labute approximate surface area is 159 Å². The standard InChI is InChI=1S/C21H27N3O3/c1-14-10-15(2)23-19(14)21(26)24-9-5-7-17(13-24)20(25)22-12-16-6-4-8-18(11-16)27-3/h4,6,8,10-11,17,23H,5,7,9,12-13H2,1-3H3,(H,22,25)/t17-/m0/s1. The molecule has 2 heterocycles. The van der Waals surface area contributed by atoms with Gasteiger partial charge in [-0.2, -0.15) is 0 Å². The Kier molecular flexibility index (Phi) is 5.84. The highest BCUT2D eigenvalue weighted by Crippen LogP contribution is 2.21. The number of likely N-dealkylation sites (tertiary alicyclic amines) is 1. The Bertz CT molecular complexity index is 828. The number of aromatic amines is 1. The molecule has 1 aliphatic rings. The number of nitrogens with one attached hydrogen (secondary N) is 2. The molecule has 0 unspecified atom stereocenters. The minimum absolute atomic E-state index is 0.00490. The number of aromatic nitrogens is 1. The Morgan fingerprint density at radius 2 is 2.11 bits per heavy atom. The number of amides is 2. The van der Waals surface area contributed by atoms with Crippen molar-refractivity contribution < 1.29 is 14.3 Å². The SMILES string of the molecule is COc1cccc(CNC(=O)[C@H]2CCCN(C(=O)c3[nH]c(C)cc3C)C2)c1. The van der Waals surface area contributed by atoms with Crippen LogP contribution >= 0.6 is 0 Å². The first-order chi connectivity index (χ1) is 13.0. The molecular formula is C21H27N3O3. The van der Waals surface area contributed by atoms with Crippen molar-refractivity contribution in [1.82, 2.24) is 15.2 Å². The van der Waals surface area contributed by atoms with Crippen LogP contribution < -0.4 is 10.1 Å². The van der Waals surface area contributed by atoms with Gasteiger partial charge in [0.25, 0.3) is 5.91 Å². The second-order valence-corrected chi connectivity index (χ2v) is 7.17. The van der Waals surface area contributed by atoms with Crippen LogP contribution in [-0.4, -0.2) is 41.9 Å². The van der Waals surface area contributed by atoms with Gasteiger partial charge >= 0.3 is 0 Å². The predicted octanol–water partition coefficient (Wildman–Crippen LogP) is 2.81. The molecule has 0 aliphatic carbocycles. The van der Waals surface area contributed by atoms with E-state index in [0.29, 0.717) is 25.3 Å². The highest BCUT2D eigenvalue weighted by Gasteiger charge is 2.29. The number of H-pyrrole nitrogens is 1. The van der Waals surface area contributed by atoms with Gasteiger partial charge < -0.3 is 19.9 Å². The topological polar surface area (TPSA) is 74.4 Å². The number of aryl methyl sites for hydroxylation is 2. The second-order valence-electron chi connectivity index (χ2n) is 7.17. The third-order valence-electron chi connectivity index (χ3n) is 5.04. The average Bonchev–Trinajstić information content (AvgIpc) is 3.03. The van der Waals surface area contributed by atoms with E-state index in [1.54, 1.807) is 12.0 Å². The van der Waals surface area contributed by atoms with Gasteiger partial charge in [-0.15, -0.1) is 0 Å². The second kappa shape index (κ2) is 8.29. The van der Waals surface area contributed by atoms with Gasteiger partial charge in [-0.25, -0.2) is 0 Å². The summed E-state index contributed by atoms with van der Waals surface area (Å²) in [5.74, 6) is 0.568. The lowest BCUT2D eigenvalue weighted by Gasteiger charge is -2.32. The maximum absolute atomic E-state index is 12.8. The normalized spacial score (nSPS) is 16.9. The number of hydrogen-bond acceptors (Lipinski definition) is 3. The van der Waals surface area contributed by atoms with Gasteiger partial charge in [0.05, 0.1) is 13.0 Å². The largest absolute Gasteiger partial charge is 0.497 e. The van der Waals surface area contributed by atoms with Gasteiger partial charge in [-0.05, 0) is 56.0 Å². The molecule has 2 aromatic rings. The zero-order valence-corrected chi connectivity index (χ0v) is 16.2. The molecule has 6 heteroatoms. The quantitative estimate of drug-likeness (QED) is 0.851. The average molecular weight is 369 g/mol. The summed E-state index contributed by atoms with van der Waals surface area (Å²) >= 11 is 0. The highest BCUT2D eigenvalue weighted by atomic mass is 16.5. The molecule has 2 N–H and O–H groups in total. The van der Waals surface area contributed by atoms with E-state index in [-0.39, 0.29) is 17.7 Å². The highest BCUT2D eigenvalue weighted by molar-refractivity contribution is 5.94. The summed E-state index contributed by atoms with van der Waals surface area (Å²) < 4.78 is 5.21. The Balaban J connectivity index is 1.59. The molecule has 0 bridgehead atoms. The van der Waals surface area contributed by atoms with E-state index < -0.39 is 0 Å². The number of methoxy groups -OCH3 is 1. The molecule has 1 aromatic heterocycles. The van der Waals surface area contributed by atoms with E-state index in [1.807, 2.05) is 44.2 Å². The lowest BCUT2D eigenvalue weighted by molar-refractivity contribution is -0.126. The summed E-state index contributed by atoms with van der Waals surface area (Å²) in [6.45, 7) is 5.47. The molecule has 1 aromatic carbocycles. The van der Waals surface area contributed by atoms with Crippen molar-refractivity contribution in [2.24, 2.45) is 5.92 Å². The summed E-state index contributed by atoms with van der Waals surface area (Å²) in [4.78, 5) is 30.3. The third kappa shape index (κ3) is 4.51. The molecule has 2 amide bonds. The minimum atomic E-state index is -0.176. The minimum Gasteiger partial charge on any atom is -0.497 e. The number of carbonyl (C=O) groups excluding carboxylic acids is 2. The molecule has 27 heavy (non-hydrogen) atoms. The van der Waals surface area contributed by atoms with Crippen molar-refractivity contribution >= 4 is 11.8 Å². The van der Waals surface area contributed by atoms with Gasteiger partial charge in [0.15, 0.2) is 0 Å². The van der Waals surface area contributed by atoms with Gasteiger partial charge in [-0.1, -0.05) is 12.1 Å². The van der Waals surface area contributed by atoms with Gasteiger partial charge in [-0.3, -0.25) is 9.59 Å². The number of rotatable bonds is 5. The number of piperidine rings is 1. The molecule has 1 fully saturated rings. The van der Waals surface area contributed by atoms with E-state index in [1.165, 1.54) is 0 Å². The molecule has 0 radical (unpaired) electrons. The zero-order chi connectivity index (χ0) is 19.4. The number of ether oxygens (including phenoxy) is 1. The first-order valence-corrected chi connectivity index (χ1v) is 9.34. The number of carbonyl (C=O) groups is 2. The lowest BCUT2D eigenvalue weighted by Crippen LogP contribution is -2.45. The molecule has 6 nitrogen and oxygen atoms in total. The van der Waals surface area contributed by atoms with Gasteiger partial charge in [0.2, 0.25) is 5.91 Å². The van der Waals surface area contributed by atoms with Crippen LogP contribution in [0.25, 0.3) is 0 Å². The molecule has 0 spiro atoms. The molecule has 0 saturated carbocycles. The Morgan fingerprint density at radius 1 is 1.30 bits per heavy atom. The van der Waals surface area contributed by atoms with Crippen LogP contribution in [0.3, 0.4) is 0 Å². The van der Waals surface area contributed by atoms with E-state index in [0.717, 1.165) is 35.4 Å². The van der Waals surface area contributed by atoms with E-state index in [4.69, 9.17) is 4.74 Å². The predicted molar refractivity (Wildman–Crippen MR) is 104 cm³/mol. The fourth-order valence-electron chi connectivity index (χ4n) is 3.60. The number of nitrogens with zero attached hydrogens (tertiary/aromatic N) is 1. The fraction of sp³-hybridized carbons (Fsp3) is 0.429. The van der Waals surface area contributed by atoms with Crippen LogP contribution in [0.15, 0.2) is 30.3 Å². The summed E-state index contributed by atoms with van der Waals surface area (Å²) in [6.07, 6.45) is 1.64. The molecule has 1 atom stereocenters. The van der Waals surface area contributed by atoms with Crippen LogP contribution in [0.4, 0.5) is 0 Å². The summed E-state index contributed by atoms with van der Waals surface area (Å²) in [5, 5.41) is 2.99. The molecule has 1 aliphatic heterocycles. The van der Waals surface area contributed by atoms with Crippen molar-refractivity contribution in [3.63, 3.8) is 0 Å². The summed E-state index contributed by atoms with van der Waals surface area (Å²) in [7, 11) is 1.62. The maximum Gasteiger partial charge on any atom is 0.270 e. The molecule has 3 rings (SSSR count). The van der Waals surface area contributed by atoms with Crippen LogP contribution in [0, 0.1) is 19.8 Å². The smallest absolute Gasteiger partial charge is 0.270 e. The monoisotopic (exact) mass is 369 g/mol. The maximum atomic E-state index is 12.8. The van der Waals surface area contributed by atoms with Crippen LogP contribution in [-0.2, 0) is 11.3 Å². The van der Waals surface area contributed by atoms with Gasteiger partial charge in [0, 0.05) is 25.3 Å². The summed E-state index contributed by atoms with van der Waals surface area (Å²) in [6, 6.07) is 9.61. The fourth-order valence-corrected chi connectivity index (χ4v) is 3.60. The third-order valence-corrected chi connectivity index (χ3v) is 5.04. The first kappa shape index (κ1) is 19.0. The van der Waals surface area contributed by atoms with E-state index >= 15 is 0 Å². The number of benzene rings is 1. The molecule has 144 valence electrons. The van der Waals surface area contributed by atoms with Crippen LogP contribution in [0.1, 0.15) is 40.2 Å². The van der Waals surface area contributed by atoms with Crippen molar-refractivity contribution in [3.8, 4) is 5.75 Å². The molecule has 1 saturated heterocycles. The zero-order valence-electron chi connectivity index (χ0n) is 16.2. The first-order valence-electron chi connectivity index (χ1n) is 9.34. The van der Waals surface area contributed by atoms with Crippen molar-refractivity contribution in [2.75, 3.05) is 20.2 Å². The summed E-state index contributed by atoms with van der Waals surface area (Å²) in [5.41, 5.74) is 3.54.